The van der Waals surface area contributed by atoms with E-state index in [1.54, 1.807) is 31.3 Å². The summed E-state index contributed by atoms with van der Waals surface area (Å²) in [4.78, 5) is 0. The molecule has 3 aromatic rings. The van der Waals surface area contributed by atoms with Crippen molar-refractivity contribution in [3.8, 4) is 0 Å². The van der Waals surface area contributed by atoms with E-state index in [-0.39, 0.29) is 25.4 Å². The van der Waals surface area contributed by atoms with Crippen molar-refractivity contribution < 1.29 is 17.9 Å². The van der Waals surface area contributed by atoms with Gasteiger partial charge < -0.3 is 5.11 Å². The standard InChI is InChI=1S/C17H18FIN4O3S/c1-10-6-12-9-20-22-17(12)14(7-11-2-3-13(19)8-15(11)18)16(10)23-27(25,26)21-4-5-24/h2-3,6,8-9,21,23-24H,4-5,7H2,1H3,(H,20,22). The molecule has 4 N–H and O–H groups in total. The highest BCUT2D eigenvalue weighted by atomic mass is 127. The molecule has 0 aliphatic heterocycles. The summed E-state index contributed by atoms with van der Waals surface area (Å²) in [7, 11) is -3.89. The van der Waals surface area contributed by atoms with Crippen molar-refractivity contribution in [2.75, 3.05) is 17.9 Å². The van der Waals surface area contributed by atoms with Crippen LogP contribution in [-0.4, -0.2) is 36.9 Å². The summed E-state index contributed by atoms with van der Waals surface area (Å²) in [5.74, 6) is -0.358. The molecule has 1 heterocycles. The fourth-order valence-electron chi connectivity index (χ4n) is 2.84. The zero-order chi connectivity index (χ0) is 19.6. The number of aliphatic hydroxyl groups excluding tert-OH is 1. The Labute approximate surface area is 169 Å². The first-order valence-electron chi connectivity index (χ1n) is 8.08. The van der Waals surface area contributed by atoms with Crippen molar-refractivity contribution in [1.29, 1.82) is 0 Å². The molecule has 0 fully saturated rings. The van der Waals surface area contributed by atoms with E-state index >= 15 is 0 Å². The SMILES string of the molecule is Cc1cc2cn[nH]c2c(Cc2ccc(I)cc2F)c1NS(=O)(=O)NCCO. The van der Waals surface area contributed by atoms with Gasteiger partial charge in [-0.1, -0.05) is 6.07 Å². The van der Waals surface area contributed by atoms with Gasteiger partial charge in [-0.25, -0.2) is 4.39 Å². The van der Waals surface area contributed by atoms with Gasteiger partial charge in [0, 0.05) is 27.5 Å². The molecule has 0 aliphatic rings. The molecular weight excluding hydrogens is 486 g/mol. The highest BCUT2D eigenvalue weighted by Gasteiger charge is 2.19. The van der Waals surface area contributed by atoms with Crippen LogP contribution < -0.4 is 9.44 Å². The Morgan fingerprint density at radius 1 is 1.33 bits per heavy atom. The molecule has 0 saturated heterocycles. The van der Waals surface area contributed by atoms with Crippen molar-refractivity contribution in [1.82, 2.24) is 14.9 Å². The average Bonchev–Trinajstić information content (AvgIpc) is 3.06. The molecule has 0 bridgehead atoms. The van der Waals surface area contributed by atoms with Crippen LogP contribution in [0.3, 0.4) is 0 Å². The number of aliphatic hydroxyl groups is 1. The van der Waals surface area contributed by atoms with E-state index in [9.17, 15) is 12.8 Å². The minimum Gasteiger partial charge on any atom is -0.395 e. The number of aryl methyl sites for hydroxylation is 1. The van der Waals surface area contributed by atoms with Gasteiger partial charge in [0.1, 0.15) is 5.82 Å². The minimum absolute atomic E-state index is 0.109. The van der Waals surface area contributed by atoms with Crippen LogP contribution in [0.4, 0.5) is 10.1 Å². The summed E-state index contributed by atoms with van der Waals surface area (Å²) in [6.45, 7) is 1.34. The number of aromatic amines is 1. The quantitative estimate of drug-likeness (QED) is 0.371. The molecule has 3 rings (SSSR count). The number of halogens is 2. The monoisotopic (exact) mass is 504 g/mol. The number of benzene rings is 2. The maximum atomic E-state index is 14.4. The molecule has 2 aromatic carbocycles. The number of nitrogens with zero attached hydrogens (tertiary/aromatic N) is 1. The molecular formula is C17H18FIN4O3S. The van der Waals surface area contributed by atoms with Gasteiger partial charge >= 0.3 is 0 Å². The molecule has 0 amide bonds. The highest BCUT2D eigenvalue weighted by Crippen LogP contribution is 2.32. The molecule has 0 unspecified atom stereocenters. The van der Waals surface area contributed by atoms with E-state index in [1.807, 2.05) is 22.6 Å². The van der Waals surface area contributed by atoms with Gasteiger partial charge in [0.25, 0.3) is 10.2 Å². The number of aromatic nitrogens is 2. The first-order chi connectivity index (χ1) is 12.8. The summed E-state index contributed by atoms with van der Waals surface area (Å²) in [5, 5.41) is 16.6. The molecule has 0 saturated carbocycles. The molecule has 0 radical (unpaired) electrons. The van der Waals surface area contributed by atoms with E-state index in [0.29, 0.717) is 27.9 Å². The third kappa shape index (κ3) is 4.57. The molecule has 10 heteroatoms. The van der Waals surface area contributed by atoms with Gasteiger partial charge in [-0.05, 0) is 58.8 Å². The smallest absolute Gasteiger partial charge is 0.299 e. The van der Waals surface area contributed by atoms with Crippen LogP contribution in [0, 0.1) is 16.3 Å². The lowest BCUT2D eigenvalue weighted by atomic mass is 9.98. The minimum atomic E-state index is -3.89. The molecule has 27 heavy (non-hydrogen) atoms. The summed E-state index contributed by atoms with van der Waals surface area (Å²) in [5.41, 5.74) is 2.71. The maximum Gasteiger partial charge on any atom is 0.299 e. The highest BCUT2D eigenvalue weighted by molar-refractivity contribution is 14.1. The largest absolute Gasteiger partial charge is 0.395 e. The van der Waals surface area contributed by atoms with Gasteiger partial charge in [0.15, 0.2) is 0 Å². The molecule has 0 atom stereocenters. The molecule has 0 aliphatic carbocycles. The second kappa shape index (κ2) is 8.09. The van der Waals surface area contributed by atoms with Crippen LogP contribution in [0.25, 0.3) is 10.9 Å². The summed E-state index contributed by atoms with van der Waals surface area (Å²) in [6.07, 6.45) is 1.82. The average molecular weight is 504 g/mol. The Morgan fingerprint density at radius 3 is 2.81 bits per heavy atom. The predicted octanol–water partition coefficient (Wildman–Crippen LogP) is 2.44. The van der Waals surface area contributed by atoms with Crippen LogP contribution in [-0.2, 0) is 16.6 Å². The summed E-state index contributed by atoms with van der Waals surface area (Å²) in [6, 6.07) is 6.72. The maximum absolute atomic E-state index is 14.4. The molecule has 1 aromatic heterocycles. The Bertz CT molecular complexity index is 1090. The van der Waals surface area contributed by atoms with Gasteiger partial charge in [0.2, 0.25) is 0 Å². The third-order valence-electron chi connectivity index (χ3n) is 4.06. The Balaban J connectivity index is 2.10. The van der Waals surface area contributed by atoms with E-state index < -0.39 is 10.2 Å². The number of anilines is 1. The molecule has 0 spiro atoms. The zero-order valence-corrected chi connectivity index (χ0v) is 17.4. The molecule has 7 nitrogen and oxygen atoms in total. The number of H-pyrrole nitrogens is 1. The van der Waals surface area contributed by atoms with Crippen LogP contribution in [0.2, 0.25) is 0 Å². The van der Waals surface area contributed by atoms with Crippen molar-refractivity contribution >= 4 is 49.4 Å². The predicted molar refractivity (Wildman–Crippen MR) is 110 cm³/mol. The lowest BCUT2D eigenvalue weighted by Gasteiger charge is -2.17. The topological polar surface area (TPSA) is 107 Å². The molecule has 144 valence electrons. The van der Waals surface area contributed by atoms with E-state index in [4.69, 9.17) is 5.11 Å². The number of hydrogen-bond acceptors (Lipinski definition) is 4. The van der Waals surface area contributed by atoms with Crippen molar-refractivity contribution in [2.45, 2.75) is 13.3 Å². The second-order valence-corrected chi connectivity index (χ2v) is 8.76. The third-order valence-corrected chi connectivity index (χ3v) is 5.79. The Morgan fingerprint density at radius 2 is 2.11 bits per heavy atom. The fraction of sp³-hybridized carbons (Fsp3) is 0.235. The van der Waals surface area contributed by atoms with Crippen molar-refractivity contribution in [2.24, 2.45) is 0 Å². The van der Waals surface area contributed by atoms with E-state index in [0.717, 1.165) is 8.96 Å². The zero-order valence-electron chi connectivity index (χ0n) is 14.4. The lowest BCUT2D eigenvalue weighted by Crippen LogP contribution is -2.32. The summed E-state index contributed by atoms with van der Waals surface area (Å²) < 4.78 is 44.4. The summed E-state index contributed by atoms with van der Waals surface area (Å²) >= 11 is 2.03. The van der Waals surface area contributed by atoms with Crippen LogP contribution in [0.1, 0.15) is 16.7 Å². The van der Waals surface area contributed by atoms with Gasteiger partial charge in [-0.15, -0.1) is 0 Å². The Hall–Kier alpha value is -1.76. The number of hydrogen-bond donors (Lipinski definition) is 4. The first-order valence-corrected chi connectivity index (χ1v) is 10.6. The van der Waals surface area contributed by atoms with Crippen molar-refractivity contribution in [3.05, 3.63) is 56.5 Å². The van der Waals surface area contributed by atoms with Gasteiger partial charge in [-0.2, -0.15) is 18.2 Å². The number of nitrogens with one attached hydrogen (secondary N) is 3. The lowest BCUT2D eigenvalue weighted by molar-refractivity contribution is 0.301. The van der Waals surface area contributed by atoms with Gasteiger partial charge in [0.05, 0.1) is 24.0 Å². The first kappa shape index (κ1) is 20.0. The number of rotatable bonds is 7. The number of fused-ring (bicyclic) bond motifs is 1. The normalized spacial score (nSPS) is 11.9. The van der Waals surface area contributed by atoms with Crippen LogP contribution >= 0.6 is 22.6 Å². The fourth-order valence-corrected chi connectivity index (χ4v) is 4.28. The van der Waals surface area contributed by atoms with E-state index in [2.05, 4.69) is 19.6 Å². The van der Waals surface area contributed by atoms with Gasteiger partial charge in [-0.3, -0.25) is 9.82 Å². The Kier molecular flexibility index (Phi) is 5.99. The second-order valence-electron chi connectivity index (χ2n) is 6.02. The van der Waals surface area contributed by atoms with E-state index in [1.165, 1.54) is 6.07 Å². The van der Waals surface area contributed by atoms with Crippen molar-refractivity contribution in [3.63, 3.8) is 0 Å². The van der Waals surface area contributed by atoms with Crippen LogP contribution in [0.15, 0.2) is 30.5 Å². The van der Waals surface area contributed by atoms with Crippen LogP contribution in [0.5, 0.6) is 0 Å².